The van der Waals surface area contributed by atoms with Gasteiger partial charge in [0.2, 0.25) is 12.0 Å². The lowest BCUT2D eigenvalue weighted by Gasteiger charge is -2.45. The number of aliphatic imine (C=N–C) groups is 1. The summed E-state index contributed by atoms with van der Waals surface area (Å²) < 4.78 is 5.49. The molecule has 0 N–H and O–H groups in total. The fourth-order valence-electron chi connectivity index (χ4n) is 5.23. The monoisotopic (exact) mass is 472 g/mol. The lowest BCUT2D eigenvalue weighted by Crippen LogP contribution is -2.38. The minimum Gasteiger partial charge on any atom is -0.464 e. The summed E-state index contributed by atoms with van der Waals surface area (Å²) >= 11 is 0. The van der Waals surface area contributed by atoms with Gasteiger partial charge in [-0.1, -0.05) is 72.5 Å². The third-order valence-electron chi connectivity index (χ3n) is 6.17. The van der Waals surface area contributed by atoms with Crippen molar-refractivity contribution in [3.8, 4) is 0 Å². The van der Waals surface area contributed by atoms with Gasteiger partial charge in [-0.05, 0) is 47.1 Å². The molecule has 0 aromatic heterocycles. The SMILES string of the molecule is C.C.C=Cc1ccc(CN(CCOC(=O)CC2CC(C)(C)CC(C)(CN=C=O)C2)C(C)=O)cc1. The second kappa shape index (κ2) is 13.9. The summed E-state index contributed by atoms with van der Waals surface area (Å²) in [4.78, 5) is 40.6. The minimum atomic E-state index is -0.243. The van der Waals surface area contributed by atoms with Crippen molar-refractivity contribution in [2.45, 2.75) is 74.8 Å². The van der Waals surface area contributed by atoms with Crippen molar-refractivity contribution in [2.24, 2.45) is 21.7 Å². The van der Waals surface area contributed by atoms with E-state index in [2.05, 4.69) is 32.3 Å². The number of hydrogen-bond donors (Lipinski definition) is 0. The van der Waals surface area contributed by atoms with E-state index in [1.807, 2.05) is 24.3 Å². The van der Waals surface area contributed by atoms with Gasteiger partial charge in [-0.2, -0.15) is 0 Å². The molecule has 0 saturated heterocycles. The number of carbonyl (C=O) groups is 2. The lowest BCUT2D eigenvalue weighted by atomic mass is 9.60. The zero-order valence-electron chi connectivity index (χ0n) is 19.9. The van der Waals surface area contributed by atoms with Gasteiger partial charge in [-0.15, -0.1) is 0 Å². The van der Waals surface area contributed by atoms with Gasteiger partial charge in [0, 0.05) is 19.9 Å². The number of hydrogen-bond acceptors (Lipinski definition) is 5. The van der Waals surface area contributed by atoms with Crippen LogP contribution in [0.2, 0.25) is 0 Å². The van der Waals surface area contributed by atoms with Gasteiger partial charge in [0.1, 0.15) is 6.61 Å². The molecule has 1 fully saturated rings. The number of esters is 1. The average Bonchev–Trinajstić information content (AvgIpc) is 2.70. The van der Waals surface area contributed by atoms with Crippen LogP contribution in [0.25, 0.3) is 6.08 Å². The Bertz CT molecular complexity index is 856. The first kappa shape index (κ1) is 31.3. The smallest absolute Gasteiger partial charge is 0.306 e. The molecule has 1 saturated carbocycles. The lowest BCUT2D eigenvalue weighted by molar-refractivity contribution is -0.147. The van der Waals surface area contributed by atoms with Crippen LogP contribution in [-0.4, -0.2) is 42.6 Å². The zero-order chi connectivity index (χ0) is 23.8. The van der Waals surface area contributed by atoms with Gasteiger partial charge in [0.15, 0.2) is 0 Å². The molecule has 0 radical (unpaired) electrons. The number of carbonyl (C=O) groups excluding carboxylic acids is 3. The molecular weight excluding hydrogens is 428 g/mol. The minimum absolute atomic E-state index is 0. The summed E-state index contributed by atoms with van der Waals surface area (Å²) in [5, 5.41) is 0. The van der Waals surface area contributed by atoms with Crippen molar-refractivity contribution in [3.63, 3.8) is 0 Å². The Kier molecular flexibility index (Phi) is 12.8. The van der Waals surface area contributed by atoms with Crippen LogP contribution in [0.15, 0.2) is 35.8 Å². The van der Waals surface area contributed by atoms with E-state index >= 15 is 0 Å². The molecule has 1 aromatic carbocycles. The highest BCUT2D eigenvalue weighted by Gasteiger charge is 2.41. The van der Waals surface area contributed by atoms with Crippen molar-refractivity contribution < 1.29 is 19.1 Å². The van der Waals surface area contributed by atoms with Crippen molar-refractivity contribution in [2.75, 3.05) is 19.7 Å². The molecule has 0 bridgehead atoms. The molecule has 0 spiro atoms. The molecule has 6 heteroatoms. The zero-order valence-corrected chi connectivity index (χ0v) is 19.9. The van der Waals surface area contributed by atoms with Crippen molar-refractivity contribution in [1.82, 2.24) is 4.90 Å². The molecule has 0 heterocycles. The molecule has 190 valence electrons. The maximum atomic E-state index is 12.5. The van der Waals surface area contributed by atoms with E-state index in [-0.39, 0.29) is 50.1 Å². The van der Waals surface area contributed by atoms with E-state index in [0.29, 0.717) is 26.1 Å². The molecule has 6 nitrogen and oxygen atoms in total. The number of ether oxygens (including phenoxy) is 1. The predicted molar refractivity (Wildman–Crippen MR) is 139 cm³/mol. The van der Waals surface area contributed by atoms with Crippen LogP contribution in [-0.2, 0) is 25.7 Å². The van der Waals surface area contributed by atoms with E-state index in [4.69, 9.17) is 4.74 Å². The van der Waals surface area contributed by atoms with Crippen LogP contribution in [0.1, 0.15) is 79.4 Å². The van der Waals surface area contributed by atoms with E-state index < -0.39 is 0 Å². The summed E-state index contributed by atoms with van der Waals surface area (Å²) in [6, 6.07) is 7.85. The molecule has 2 unspecified atom stereocenters. The van der Waals surface area contributed by atoms with Crippen LogP contribution in [0.3, 0.4) is 0 Å². The highest BCUT2D eigenvalue weighted by atomic mass is 16.5. The van der Waals surface area contributed by atoms with Gasteiger partial charge < -0.3 is 9.64 Å². The standard InChI is InChI=1S/C26H36N2O4.2CH4/c1-6-21-7-9-22(10-8-21)16-28(20(2)30)11-12-32-24(31)13-23-14-25(3,4)17-26(5,15-23)18-27-19-29;;/h6-10,23H,1,11-18H2,2-5H3;2*1H4. The Morgan fingerprint density at radius 2 is 1.85 bits per heavy atom. The second-order valence-corrected chi connectivity index (χ2v) is 10.1. The molecule has 2 rings (SSSR count). The van der Waals surface area contributed by atoms with E-state index in [9.17, 15) is 14.4 Å². The summed E-state index contributed by atoms with van der Waals surface area (Å²) in [6.07, 6.45) is 6.48. The quantitative estimate of drug-likeness (QED) is 0.236. The Hall–Kier alpha value is -2.72. The molecule has 0 aliphatic heterocycles. The van der Waals surface area contributed by atoms with Gasteiger partial charge in [0.25, 0.3) is 0 Å². The maximum Gasteiger partial charge on any atom is 0.306 e. The third-order valence-corrected chi connectivity index (χ3v) is 6.17. The fraction of sp³-hybridized carbons (Fsp3) is 0.607. The molecule has 34 heavy (non-hydrogen) atoms. The van der Waals surface area contributed by atoms with Crippen LogP contribution in [0, 0.1) is 16.7 Å². The van der Waals surface area contributed by atoms with Crippen LogP contribution < -0.4 is 0 Å². The van der Waals surface area contributed by atoms with Crippen molar-refractivity contribution >= 4 is 24.0 Å². The third kappa shape index (κ3) is 10.0. The van der Waals surface area contributed by atoms with E-state index in [1.54, 1.807) is 17.1 Å². The van der Waals surface area contributed by atoms with Crippen molar-refractivity contribution in [3.05, 3.63) is 42.0 Å². The Balaban J connectivity index is 0.00000544. The highest BCUT2D eigenvalue weighted by Crippen LogP contribution is 2.49. The molecular formula is C28H44N2O4. The highest BCUT2D eigenvalue weighted by molar-refractivity contribution is 5.73. The normalized spacial score (nSPS) is 20.5. The Labute approximate surface area is 206 Å². The summed E-state index contributed by atoms with van der Waals surface area (Å²) in [7, 11) is 0. The van der Waals surface area contributed by atoms with E-state index in [1.165, 1.54) is 6.92 Å². The van der Waals surface area contributed by atoms with Gasteiger partial charge in [0.05, 0.1) is 13.1 Å². The fourth-order valence-corrected chi connectivity index (χ4v) is 5.23. The Morgan fingerprint density at radius 3 is 2.41 bits per heavy atom. The van der Waals surface area contributed by atoms with E-state index in [0.717, 1.165) is 30.4 Å². The average molecular weight is 473 g/mol. The van der Waals surface area contributed by atoms with Gasteiger partial charge in [-0.3, -0.25) is 9.59 Å². The second-order valence-electron chi connectivity index (χ2n) is 10.1. The first-order chi connectivity index (χ1) is 15.1. The van der Waals surface area contributed by atoms with Crippen LogP contribution >= 0.6 is 0 Å². The largest absolute Gasteiger partial charge is 0.464 e. The summed E-state index contributed by atoms with van der Waals surface area (Å²) in [5.41, 5.74) is 2.00. The number of rotatable bonds is 10. The predicted octanol–water partition coefficient (Wildman–Crippen LogP) is 6.05. The van der Waals surface area contributed by atoms with Crippen LogP contribution in [0.4, 0.5) is 0 Å². The van der Waals surface area contributed by atoms with Gasteiger partial charge in [-0.25, -0.2) is 9.79 Å². The maximum absolute atomic E-state index is 12.5. The number of nitrogens with zero attached hydrogens (tertiary/aromatic N) is 2. The number of benzene rings is 1. The summed E-state index contributed by atoms with van der Waals surface area (Å²) in [5.74, 6) is -0.118. The van der Waals surface area contributed by atoms with Crippen molar-refractivity contribution in [1.29, 1.82) is 0 Å². The molecule has 1 aliphatic rings. The molecule has 1 aromatic rings. The topological polar surface area (TPSA) is 76.0 Å². The van der Waals surface area contributed by atoms with Crippen LogP contribution in [0.5, 0.6) is 0 Å². The first-order valence-electron chi connectivity index (χ1n) is 11.2. The molecule has 1 aliphatic carbocycles. The number of isocyanates is 1. The summed E-state index contributed by atoms with van der Waals surface area (Å²) in [6.45, 7) is 13.2. The molecule has 1 amide bonds. The van der Waals surface area contributed by atoms with Gasteiger partial charge >= 0.3 is 5.97 Å². The Morgan fingerprint density at radius 1 is 1.21 bits per heavy atom. The molecule has 2 atom stereocenters. The number of amides is 1. The first-order valence-corrected chi connectivity index (χ1v) is 11.2.